The number of hydrogen-bond acceptors (Lipinski definition) is 3. The van der Waals surface area contributed by atoms with E-state index in [1.807, 2.05) is 19.1 Å². The summed E-state index contributed by atoms with van der Waals surface area (Å²) in [6, 6.07) is 3.95. The minimum Gasteiger partial charge on any atom is -0.496 e. The Morgan fingerprint density at radius 1 is 1.50 bits per heavy atom. The van der Waals surface area contributed by atoms with Crippen molar-refractivity contribution in [1.29, 1.82) is 0 Å². The molecule has 1 rings (SSSR count). The average Bonchev–Trinajstić information content (AvgIpc) is 2.08. The molecule has 0 unspecified atom stereocenters. The highest BCUT2D eigenvalue weighted by Gasteiger charge is 2.09. The van der Waals surface area contributed by atoms with E-state index in [-0.39, 0.29) is 0 Å². The lowest BCUT2D eigenvalue weighted by Crippen LogP contribution is -2.13. The molecule has 1 aromatic carbocycles. The molecule has 0 aliphatic carbocycles. The van der Waals surface area contributed by atoms with Gasteiger partial charge in [-0.3, -0.25) is 0 Å². The molecular formula is C10H14BrNO2. The normalized spacial score (nSPS) is 10.7. The third-order valence-corrected chi connectivity index (χ3v) is 2.61. The van der Waals surface area contributed by atoms with Gasteiger partial charge in [0.05, 0.1) is 13.7 Å². The van der Waals surface area contributed by atoms with Crippen LogP contribution < -0.4 is 4.74 Å². The molecule has 3 nitrogen and oxygen atoms in total. The van der Waals surface area contributed by atoms with Crippen LogP contribution in [0, 0.1) is 6.92 Å². The molecule has 0 fully saturated rings. The smallest absolute Gasteiger partial charge is 0.124 e. The lowest BCUT2D eigenvalue weighted by atomic mass is 10.1. The van der Waals surface area contributed by atoms with Crippen molar-refractivity contribution in [1.82, 2.24) is 5.06 Å². The van der Waals surface area contributed by atoms with Gasteiger partial charge in [-0.2, -0.15) is 5.06 Å². The number of nitrogens with zero attached hydrogens (tertiary/aromatic N) is 1. The van der Waals surface area contributed by atoms with Gasteiger partial charge < -0.3 is 9.94 Å². The zero-order valence-corrected chi connectivity index (χ0v) is 10.1. The fraction of sp³-hybridized carbons (Fsp3) is 0.400. The molecule has 0 saturated heterocycles. The Balaban J connectivity index is 3.11. The van der Waals surface area contributed by atoms with E-state index in [1.165, 1.54) is 0 Å². The van der Waals surface area contributed by atoms with Gasteiger partial charge in [0, 0.05) is 17.1 Å². The number of ether oxygens (including phenoxy) is 1. The number of methoxy groups -OCH3 is 1. The van der Waals surface area contributed by atoms with Crippen LogP contribution in [-0.2, 0) is 6.54 Å². The molecule has 0 amide bonds. The minimum atomic E-state index is 0.435. The van der Waals surface area contributed by atoms with Crippen molar-refractivity contribution < 1.29 is 9.94 Å². The quantitative estimate of drug-likeness (QED) is 0.848. The van der Waals surface area contributed by atoms with Crippen molar-refractivity contribution in [2.45, 2.75) is 13.5 Å². The van der Waals surface area contributed by atoms with Crippen LogP contribution in [0.2, 0.25) is 0 Å². The van der Waals surface area contributed by atoms with E-state index >= 15 is 0 Å². The van der Waals surface area contributed by atoms with Gasteiger partial charge >= 0.3 is 0 Å². The van der Waals surface area contributed by atoms with E-state index in [0.717, 1.165) is 26.4 Å². The highest BCUT2D eigenvalue weighted by atomic mass is 79.9. The van der Waals surface area contributed by atoms with Gasteiger partial charge in [-0.1, -0.05) is 15.9 Å². The second kappa shape index (κ2) is 4.77. The first kappa shape index (κ1) is 11.5. The van der Waals surface area contributed by atoms with E-state index in [0.29, 0.717) is 6.54 Å². The molecule has 0 aromatic heterocycles. The Hall–Kier alpha value is -0.580. The monoisotopic (exact) mass is 259 g/mol. The second-order valence-corrected chi connectivity index (χ2v) is 4.10. The molecule has 0 heterocycles. The molecule has 1 N–H and O–H groups in total. The molecule has 0 bridgehead atoms. The Morgan fingerprint density at radius 3 is 2.64 bits per heavy atom. The number of halogens is 1. The Kier molecular flexibility index (Phi) is 3.92. The number of benzene rings is 1. The number of hydroxylamine groups is 2. The highest BCUT2D eigenvalue weighted by Crippen LogP contribution is 2.29. The van der Waals surface area contributed by atoms with Crippen molar-refractivity contribution in [2.24, 2.45) is 0 Å². The molecule has 0 aliphatic rings. The number of hydrogen-bond donors (Lipinski definition) is 1. The van der Waals surface area contributed by atoms with Gasteiger partial charge in [-0.15, -0.1) is 0 Å². The van der Waals surface area contributed by atoms with E-state index in [9.17, 15) is 5.21 Å². The van der Waals surface area contributed by atoms with Crippen LogP contribution >= 0.6 is 15.9 Å². The van der Waals surface area contributed by atoms with Gasteiger partial charge in [-0.25, -0.2) is 0 Å². The molecule has 4 heteroatoms. The maximum Gasteiger partial charge on any atom is 0.124 e. The van der Waals surface area contributed by atoms with E-state index in [2.05, 4.69) is 15.9 Å². The second-order valence-electron chi connectivity index (χ2n) is 3.24. The van der Waals surface area contributed by atoms with Crippen LogP contribution in [0.15, 0.2) is 16.6 Å². The van der Waals surface area contributed by atoms with Crippen LogP contribution in [0.1, 0.15) is 11.1 Å². The van der Waals surface area contributed by atoms with Crippen LogP contribution in [-0.4, -0.2) is 24.4 Å². The standard InChI is InChI=1S/C10H14BrNO2/c1-7-4-9(11)8(6-12(2)13)10(5-7)14-3/h4-5,13H,6H2,1-3H3. The van der Waals surface area contributed by atoms with Crippen molar-refractivity contribution in [3.05, 3.63) is 27.7 Å². The molecule has 14 heavy (non-hydrogen) atoms. The van der Waals surface area contributed by atoms with Crippen molar-refractivity contribution in [3.8, 4) is 5.75 Å². The van der Waals surface area contributed by atoms with E-state index in [1.54, 1.807) is 14.2 Å². The van der Waals surface area contributed by atoms with Crippen LogP contribution in [0.3, 0.4) is 0 Å². The summed E-state index contributed by atoms with van der Waals surface area (Å²) in [7, 11) is 3.23. The van der Waals surface area contributed by atoms with Gasteiger partial charge in [0.25, 0.3) is 0 Å². The SMILES string of the molecule is COc1cc(C)cc(Br)c1CN(C)O. The molecule has 0 radical (unpaired) electrons. The maximum atomic E-state index is 9.18. The first-order chi connectivity index (χ1) is 6.54. The van der Waals surface area contributed by atoms with Gasteiger partial charge in [0.2, 0.25) is 0 Å². The van der Waals surface area contributed by atoms with Crippen LogP contribution in [0.5, 0.6) is 5.75 Å². The Bertz CT molecular complexity index is 326. The predicted octanol–water partition coefficient (Wildman–Crippen LogP) is 2.59. The fourth-order valence-corrected chi connectivity index (χ4v) is 1.99. The predicted molar refractivity (Wildman–Crippen MR) is 58.7 cm³/mol. The van der Waals surface area contributed by atoms with Crippen LogP contribution in [0.4, 0.5) is 0 Å². The molecule has 0 atom stereocenters. The van der Waals surface area contributed by atoms with Crippen LogP contribution in [0.25, 0.3) is 0 Å². The van der Waals surface area contributed by atoms with Crippen molar-refractivity contribution >= 4 is 15.9 Å². The maximum absolute atomic E-state index is 9.18. The van der Waals surface area contributed by atoms with Crippen molar-refractivity contribution in [3.63, 3.8) is 0 Å². The van der Waals surface area contributed by atoms with E-state index in [4.69, 9.17) is 4.74 Å². The summed E-state index contributed by atoms with van der Waals surface area (Å²) in [5.41, 5.74) is 2.07. The highest BCUT2D eigenvalue weighted by molar-refractivity contribution is 9.10. The van der Waals surface area contributed by atoms with Gasteiger partial charge in [0.1, 0.15) is 5.75 Å². The van der Waals surface area contributed by atoms with Gasteiger partial charge in [0.15, 0.2) is 0 Å². The first-order valence-electron chi connectivity index (χ1n) is 4.27. The minimum absolute atomic E-state index is 0.435. The zero-order valence-electron chi connectivity index (χ0n) is 8.54. The third kappa shape index (κ3) is 2.70. The van der Waals surface area contributed by atoms with E-state index < -0.39 is 0 Å². The molecular weight excluding hydrogens is 246 g/mol. The summed E-state index contributed by atoms with van der Waals surface area (Å²) in [6.07, 6.45) is 0. The number of aryl methyl sites for hydroxylation is 1. The topological polar surface area (TPSA) is 32.7 Å². The molecule has 78 valence electrons. The summed E-state index contributed by atoms with van der Waals surface area (Å²) < 4.78 is 6.19. The number of rotatable bonds is 3. The zero-order chi connectivity index (χ0) is 10.7. The lowest BCUT2D eigenvalue weighted by Gasteiger charge is -2.14. The summed E-state index contributed by atoms with van der Waals surface area (Å²) in [4.78, 5) is 0. The van der Waals surface area contributed by atoms with Crippen molar-refractivity contribution in [2.75, 3.05) is 14.2 Å². The Morgan fingerprint density at radius 2 is 2.14 bits per heavy atom. The molecule has 0 saturated carbocycles. The summed E-state index contributed by atoms with van der Waals surface area (Å²) in [6.45, 7) is 2.43. The van der Waals surface area contributed by atoms with Gasteiger partial charge in [-0.05, 0) is 24.6 Å². The lowest BCUT2D eigenvalue weighted by molar-refractivity contribution is -0.0737. The molecule has 1 aromatic rings. The average molecular weight is 260 g/mol. The summed E-state index contributed by atoms with van der Waals surface area (Å²) >= 11 is 3.45. The summed E-state index contributed by atoms with van der Waals surface area (Å²) in [5.74, 6) is 0.790. The summed E-state index contributed by atoms with van der Waals surface area (Å²) in [5, 5.41) is 10.3. The largest absolute Gasteiger partial charge is 0.496 e. The fourth-order valence-electron chi connectivity index (χ4n) is 1.30. The molecule has 0 spiro atoms. The molecule has 0 aliphatic heterocycles. The Labute approximate surface area is 92.4 Å². The third-order valence-electron chi connectivity index (χ3n) is 1.91. The first-order valence-corrected chi connectivity index (χ1v) is 5.07.